The molecule has 1 aliphatic heterocycles. The number of nitrogens with one attached hydrogen (secondary N) is 2. The third-order valence-corrected chi connectivity index (χ3v) is 6.08. The van der Waals surface area contributed by atoms with E-state index in [-0.39, 0.29) is 28.8 Å². The number of hydrogen-bond acceptors (Lipinski definition) is 5. The minimum atomic E-state index is -3.53. The molecule has 4 rings (SSSR count). The van der Waals surface area contributed by atoms with Gasteiger partial charge in [0.25, 0.3) is 11.8 Å². The molecule has 2 N–H and O–H groups in total. The Morgan fingerprint density at radius 2 is 1.79 bits per heavy atom. The van der Waals surface area contributed by atoms with E-state index in [2.05, 4.69) is 15.0 Å². The lowest BCUT2D eigenvalue weighted by Crippen LogP contribution is -2.56. The minimum Gasteiger partial charge on any atom is -0.358 e. The molecule has 1 aliphatic rings. The number of anilines is 3. The molecule has 1 amide bonds. The zero-order chi connectivity index (χ0) is 24.8. The Labute approximate surface area is 204 Å². The van der Waals surface area contributed by atoms with Gasteiger partial charge >= 0.3 is 0 Å². The highest BCUT2D eigenvalue weighted by molar-refractivity contribution is 7.92. The smallest absolute Gasteiger partial charge is 0.282 e. The molecular weight excluding hydrogens is 511 g/mol. The Morgan fingerprint density at radius 1 is 1.12 bits per heavy atom. The van der Waals surface area contributed by atoms with Crippen molar-refractivity contribution in [1.82, 2.24) is 9.55 Å². The highest BCUT2D eigenvalue weighted by Gasteiger charge is 2.44. The predicted octanol–water partition coefficient (Wildman–Crippen LogP) is 4.57. The molecule has 0 saturated carbocycles. The van der Waals surface area contributed by atoms with Gasteiger partial charge in [-0.1, -0.05) is 23.2 Å². The van der Waals surface area contributed by atoms with Gasteiger partial charge in [-0.2, -0.15) is 0 Å². The molecule has 180 valence electrons. The van der Waals surface area contributed by atoms with Crippen molar-refractivity contribution < 1.29 is 22.0 Å². The number of aryl methyl sites for hydroxylation is 1. The Morgan fingerprint density at radius 3 is 2.41 bits per heavy atom. The summed E-state index contributed by atoms with van der Waals surface area (Å²) in [5.74, 6) is -2.84. The fourth-order valence-electron chi connectivity index (χ4n) is 3.53. The number of pyridine rings is 1. The van der Waals surface area contributed by atoms with Crippen molar-refractivity contribution in [3.63, 3.8) is 0 Å². The van der Waals surface area contributed by atoms with E-state index in [0.29, 0.717) is 28.5 Å². The summed E-state index contributed by atoms with van der Waals surface area (Å²) < 4.78 is 53.2. The average molecular weight is 530 g/mol. The number of alkyl halides is 2. The van der Waals surface area contributed by atoms with Gasteiger partial charge in [-0.05, 0) is 37.3 Å². The number of carbonyl (C=O) groups excluding carboxylic acids is 1. The number of amides is 1. The minimum absolute atomic E-state index is 0.204. The van der Waals surface area contributed by atoms with Crippen molar-refractivity contribution in [3.8, 4) is 5.82 Å². The number of carbonyl (C=O) groups is 1. The molecule has 13 heteroatoms. The summed E-state index contributed by atoms with van der Waals surface area (Å²) in [5, 5.41) is 3.15. The molecule has 1 aromatic carbocycles. The van der Waals surface area contributed by atoms with Crippen LogP contribution in [0.3, 0.4) is 0 Å². The summed E-state index contributed by atoms with van der Waals surface area (Å²) in [5.41, 5.74) is 1.94. The van der Waals surface area contributed by atoms with Crippen LogP contribution in [-0.2, 0) is 10.0 Å². The predicted molar refractivity (Wildman–Crippen MR) is 128 cm³/mol. The summed E-state index contributed by atoms with van der Waals surface area (Å²) in [6, 6.07) is 7.51. The molecule has 0 atom stereocenters. The topological polar surface area (TPSA) is 96.3 Å². The fourth-order valence-corrected chi connectivity index (χ4v) is 4.56. The zero-order valence-corrected chi connectivity index (χ0v) is 20.3. The Kier molecular flexibility index (Phi) is 6.21. The van der Waals surface area contributed by atoms with Crippen LogP contribution in [-0.4, -0.2) is 49.1 Å². The largest absolute Gasteiger partial charge is 0.358 e. The molecule has 0 radical (unpaired) electrons. The van der Waals surface area contributed by atoms with Crippen LogP contribution in [0.25, 0.3) is 5.82 Å². The Hall–Kier alpha value is -2.89. The highest BCUT2D eigenvalue weighted by atomic mass is 35.5. The Bertz CT molecular complexity index is 1390. The number of hydrogen-bond donors (Lipinski definition) is 2. The zero-order valence-electron chi connectivity index (χ0n) is 17.9. The fraction of sp³-hybridized carbons (Fsp3) is 0.238. The first kappa shape index (κ1) is 24.2. The van der Waals surface area contributed by atoms with E-state index in [9.17, 15) is 22.0 Å². The quantitative estimate of drug-likeness (QED) is 0.487. The van der Waals surface area contributed by atoms with Gasteiger partial charge < -0.3 is 14.8 Å². The number of nitrogens with zero attached hydrogens (tertiary/aromatic N) is 3. The molecule has 3 aromatic rings. The van der Waals surface area contributed by atoms with Crippen LogP contribution < -0.4 is 14.9 Å². The molecule has 0 spiro atoms. The van der Waals surface area contributed by atoms with Crippen LogP contribution in [0, 0.1) is 6.92 Å². The van der Waals surface area contributed by atoms with E-state index in [1.54, 1.807) is 23.6 Å². The van der Waals surface area contributed by atoms with Crippen molar-refractivity contribution in [1.29, 1.82) is 0 Å². The van der Waals surface area contributed by atoms with Crippen molar-refractivity contribution in [2.45, 2.75) is 12.8 Å². The summed E-state index contributed by atoms with van der Waals surface area (Å²) in [6.45, 7) is 0.983. The lowest BCUT2D eigenvalue weighted by molar-refractivity contribution is -0.0262. The number of halogens is 4. The van der Waals surface area contributed by atoms with E-state index in [4.69, 9.17) is 23.2 Å². The third kappa shape index (κ3) is 5.43. The summed E-state index contributed by atoms with van der Waals surface area (Å²) in [6.07, 6.45) is 4.00. The van der Waals surface area contributed by atoms with E-state index in [1.165, 1.54) is 35.5 Å². The average Bonchev–Trinajstić information content (AvgIpc) is 3.05. The van der Waals surface area contributed by atoms with Crippen LogP contribution in [0.1, 0.15) is 16.1 Å². The van der Waals surface area contributed by atoms with Crippen molar-refractivity contribution >= 4 is 56.2 Å². The van der Waals surface area contributed by atoms with Crippen LogP contribution in [0.2, 0.25) is 10.0 Å². The van der Waals surface area contributed by atoms with Gasteiger partial charge in [0, 0.05) is 22.6 Å². The molecule has 8 nitrogen and oxygen atoms in total. The first-order valence-corrected chi connectivity index (χ1v) is 12.5. The van der Waals surface area contributed by atoms with Gasteiger partial charge in [0.05, 0.1) is 47.5 Å². The molecule has 3 heterocycles. The second kappa shape index (κ2) is 8.71. The number of sulfonamides is 1. The van der Waals surface area contributed by atoms with E-state index in [1.807, 2.05) is 0 Å². The van der Waals surface area contributed by atoms with Crippen molar-refractivity contribution in [2.75, 3.05) is 34.3 Å². The van der Waals surface area contributed by atoms with E-state index in [0.717, 1.165) is 6.26 Å². The second-order valence-corrected chi connectivity index (χ2v) is 10.6. The Balaban J connectivity index is 1.54. The van der Waals surface area contributed by atoms with Gasteiger partial charge in [0.2, 0.25) is 10.0 Å². The molecule has 34 heavy (non-hydrogen) atoms. The lowest BCUT2D eigenvalue weighted by atomic mass is 10.1. The first-order valence-electron chi connectivity index (χ1n) is 9.87. The third-order valence-electron chi connectivity index (χ3n) is 4.98. The number of rotatable bonds is 6. The van der Waals surface area contributed by atoms with Crippen LogP contribution >= 0.6 is 23.2 Å². The van der Waals surface area contributed by atoms with Crippen molar-refractivity contribution in [2.24, 2.45) is 0 Å². The molecule has 0 bridgehead atoms. The lowest BCUT2D eigenvalue weighted by Gasteiger charge is -2.40. The molecule has 0 unspecified atom stereocenters. The van der Waals surface area contributed by atoms with Gasteiger partial charge in [-0.25, -0.2) is 22.2 Å². The molecule has 0 aliphatic carbocycles. The van der Waals surface area contributed by atoms with Gasteiger partial charge in [0.15, 0.2) is 5.82 Å². The number of aromatic nitrogens is 2. The maximum Gasteiger partial charge on any atom is 0.282 e. The van der Waals surface area contributed by atoms with E-state index < -0.39 is 21.9 Å². The summed E-state index contributed by atoms with van der Waals surface area (Å²) >= 11 is 12.4. The standard InChI is InChI=1S/C21H19Cl2F2N5O3S/c1-12-3-13(20(31)27-15-4-14(22)5-16(6-15)28-34(2,32)33)9-30(12)19-18(23)7-17(8-26-19)29-10-21(24,25)11-29/h3-9,28H,10-11H2,1-2H3,(H,27,31). The van der Waals surface area contributed by atoms with Crippen LogP contribution in [0.4, 0.5) is 25.8 Å². The normalized spacial score (nSPS) is 15.1. The summed E-state index contributed by atoms with van der Waals surface area (Å²) in [7, 11) is -3.53. The monoisotopic (exact) mass is 529 g/mol. The molecule has 1 fully saturated rings. The van der Waals surface area contributed by atoms with Crippen molar-refractivity contribution in [3.05, 3.63) is 64.0 Å². The maximum atomic E-state index is 13.1. The van der Waals surface area contributed by atoms with Gasteiger partial charge in [0.1, 0.15) is 0 Å². The SMILES string of the molecule is Cc1cc(C(=O)Nc2cc(Cl)cc(NS(C)(=O)=O)c2)cn1-c1ncc(N2CC(F)(F)C2)cc1Cl. The van der Waals surface area contributed by atoms with E-state index >= 15 is 0 Å². The van der Waals surface area contributed by atoms with Gasteiger partial charge in [-0.3, -0.25) is 9.52 Å². The molecule has 2 aromatic heterocycles. The van der Waals surface area contributed by atoms with Gasteiger partial charge in [-0.15, -0.1) is 0 Å². The first-order chi connectivity index (χ1) is 15.8. The van der Waals surface area contributed by atoms with Crippen LogP contribution in [0.15, 0.2) is 42.7 Å². The highest BCUT2D eigenvalue weighted by Crippen LogP contribution is 2.34. The molecular formula is C21H19Cl2F2N5O3S. The maximum absolute atomic E-state index is 13.1. The number of benzene rings is 1. The van der Waals surface area contributed by atoms with Crippen LogP contribution in [0.5, 0.6) is 0 Å². The molecule has 1 saturated heterocycles. The second-order valence-electron chi connectivity index (χ2n) is 8.01. The summed E-state index contributed by atoms with van der Waals surface area (Å²) in [4.78, 5) is 18.6.